The van der Waals surface area contributed by atoms with Gasteiger partial charge < -0.3 is 4.74 Å². The molecule has 23 heavy (non-hydrogen) atoms. The van der Waals surface area contributed by atoms with Crippen LogP contribution in [0.2, 0.25) is 0 Å². The molecule has 5 nitrogen and oxygen atoms in total. The molecule has 0 unspecified atom stereocenters. The van der Waals surface area contributed by atoms with Gasteiger partial charge in [-0.2, -0.15) is 8.42 Å². The Morgan fingerprint density at radius 2 is 1.61 bits per heavy atom. The third kappa shape index (κ3) is 8.39. The molecule has 0 heterocycles. The molecule has 0 bridgehead atoms. The van der Waals surface area contributed by atoms with E-state index in [2.05, 4.69) is 13.8 Å². The summed E-state index contributed by atoms with van der Waals surface area (Å²) in [6, 6.07) is 7.22. The molecule has 0 radical (unpaired) electrons. The summed E-state index contributed by atoms with van der Waals surface area (Å²) in [5, 5.41) is 0. The summed E-state index contributed by atoms with van der Waals surface area (Å²) >= 11 is 0. The van der Waals surface area contributed by atoms with Crippen LogP contribution in [0.3, 0.4) is 0 Å². The minimum atomic E-state index is -4.36. The Kier molecular flexibility index (Phi) is 8.65. The highest BCUT2D eigenvalue weighted by molar-refractivity contribution is 7.96. The van der Waals surface area contributed by atoms with Gasteiger partial charge in [0.2, 0.25) is 0 Å². The van der Waals surface area contributed by atoms with E-state index in [0.29, 0.717) is 0 Å². The Bertz CT molecular complexity index is 573. The molecule has 0 spiro atoms. The number of rotatable bonds is 10. The van der Waals surface area contributed by atoms with E-state index in [1.807, 2.05) is 12.1 Å². The standard InChI is InChI=1S/C16H24O5S2/c1-3-5-11-22(12-6-4-2)15-9-7-14(8-10-15)21-16(17)13-23(18,19)20/h7-10H,3-6,11-13H2,1-2H3/p+1. The van der Waals surface area contributed by atoms with Crippen LogP contribution in [0.4, 0.5) is 0 Å². The normalized spacial score (nSPS) is 11.7. The summed E-state index contributed by atoms with van der Waals surface area (Å²) in [7, 11) is -4.16. The Labute approximate surface area is 141 Å². The Morgan fingerprint density at radius 3 is 2.04 bits per heavy atom. The van der Waals surface area contributed by atoms with Gasteiger partial charge in [-0.25, -0.2) is 0 Å². The number of esters is 1. The van der Waals surface area contributed by atoms with Crippen molar-refractivity contribution in [3.05, 3.63) is 24.3 Å². The first-order valence-corrected chi connectivity index (χ1v) is 11.0. The summed E-state index contributed by atoms with van der Waals surface area (Å²) in [4.78, 5) is 12.6. The lowest BCUT2D eigenvalue weighted by Crippen LogP contribution is -2.20. The minimum Gasteiger partial charge on any atom is -0.426 e. The quantitative estimate of drug-likeness (QED) is 0.300. The van der Waals surface area contributed by atoms with Crippen LogP contribution >= 0.6 is 0 Å². The fraction of sp³-hybridized carbons (Fsp3) is 0.562. The maximum absolute atomic E-state index is 11.4. The lowest BCUT2D eigenvalue weighted by Gasteiger charge is -2.09. The van der Waals surface area contributed by atoms with Crippen LogP contribution in [-0.2, 0) is 25.8 Å². The number of benzene rings is 1. The smallest absolute Gasteiger partial charge is 0.329 e. The van der Waals surface area contributed by atoms with Gasteiger partial charge in [0.05, 0.1) is 0 Å². The van der Waals surface area contributed by atoms with Gasteiger partial charge in [-0.05, 0) is 37.1 Å². The maximum atomic E-state index is 11.4. The van der Waals surface area contributed by atoms with Crippen LogP contribution in [0.25, 0.3) is 0 Å². The molecule has 0 aliphatic carbocycles. The van der Waals surface area contributed by atoms with Gasteiger partial charge in [-0.1, -0.05) is 26.7 Å². The van der Waals surface area contributed by atoms with E-state index in [9.17, 15) is 13.2 Å². The zero-order chi connectivity index (χ0) is 17.3. The molecule has 0 aliphatic rings. The van der Waals surface area contributed by atoms with Crippen LogP contribution in [-0.4, -0.2) is 36.2 Å². The van der Waals surface area contributed by atoms with Gasteiger partial charge >= 0.3 is 5.97 Å². The van der Waals surface area contributed by atoms with Gasteiger partial charge in [0.25, 0.3) is 10.1 Å². The molecule has 0 fully saturated rings. The summed E-state index contributed by atoms with van der Waals surface area (Å²) in [5.74, 6) is 0.594. The first-order valence-electron chi connectivity index (χ1n) is 7.79. The van der Waals surface area contributed by atoms with Crippen LogP contribution in [0.1, 0.15) is 39.5 Å². The molecule has 1 N–H and O–H groups in total. The third-order valence-electron chi connectivity index (χ3n) is 3.18. The number of carbonyl (C=O) groups is 1. The molecular formula is C16H25O5S2+. The zero-order valence-electron chi connectivity index (χ0n) is 13.7. The zero-order valence-corrected chi connectivity index (χ0v) is 15.3. The molecule has 130 valence electrons. The molecule has 1 aromatic rings. The second-order valence-corrected chi connectivity index (χ2v) is 9.01. The van der Waals surface area contributed by atoms with Gasteiger partial charge in [0, 0.05) is 10.9 Å². The third-order valence-corrected chi connectivity index (χ3v) is 6.28. The highest BCUT2D eigenvalue weighted by atomic mass is 32.2. The maximum Gasteiger partial charge on any atom is 0.329 e. The van der Waals surface area contributed by atoms with Crippen molar-refractivity contribution in [2.24, 2.45) is 0 Å². The predicted octanol–water partition coefficient (Wildman–Crippen LogP) is 3.06. The fourth-order valence-corrected chi connectivity index (χ4v) is 4.81. The molecule has 0 saturated heterocycles. The van der Waals surface area contributed by atoms with Crippen molar-refractivity contribution in [3.63, 3.8) is 0 Å². The second kappa shape index (κ2) is 9.95. The molecule has 0 atom stereocenters. The van der Waals surface area contributed by atoms with Crippen molar-refractivity contribution in [1.82, 2.24) is 0 Å². The molecule has 0 aromatic heterocycles. The predicted molar refractivity (Wildman–Crippen MR) is 93.7 cm³/mol. The van der Waals surface area contributed by atoms with E-state index in [1.165, 1.54) is 42.1 Å². The molecule has 0 aliphatic heterocycles. The summed E-state index contributed by atoms with van der Waals surface area (Å²) in [5.41, 5.74) is 0. The lowest BCUT2D eigenvalue weighted by molar-refractivity contribution is -0.131. The summed E-state index contributed by atoms with van der Waals surface area (Å²) in [6.45, 7) is 4.36. The molecule has 1 aromatic carbocycles. The summed E-state index contributed by atoms with van der Waals surface area (Å²) < 4.78 is 34.8. The van der Waals surface area contributed by atoms with Gasteiger partial charge in [-0.15, -0.1) is 0 Å². The number of ether oxygens (including phenoxy) is 1. The second-order valence-electron chi connectivity index (χ2n) is 5.28. The van der Waals surface area contributed by atoms with E-state index < -0.39 is 21.8 Å². The minimum absolute atomic E-state index is 0.199. The van der Waals surface area contributed by atoms with Crippen molar-refractivity contribution in [2.45, 2.75) is 44.4 Å². The van der Waals surface area contributed by atoms with Crippen LogP contribution < -0.4 is 4.74 Å². The van der Waals surface area contributed by atoms with Crippen molar-refractivity contribution in [2.75, 3.05) is 17.3 Å². The number of unbranched alkanes of at least 4 members (excludes halogenated alkanes) is 2. The van der Waals surface area contributed by atoms with Gasteiger partial charge in [0.1, 0.15) is 17.3 Å². The average Bonchev–Trinajstić information content (AvgIpc) is 2.46. The topological polar surface area (TPSA) is 80.7 Å². The van der Waals surface area contributed by atoms with Crippen LogP contribution in [0.5, 0.6) is 5.75 Å². The molecule has 7 heteroatoms. The Morgan fingerprint density at radius 1 is 1.09 bits per heavy atom. The Balaban J connectivity index is 2.70. The van der Waals surface area contributed by atoms with Crippen molar-refractivity contribution in [3.8, 4) is 5.75 Å². The van der Waals surface area contributed by atoms with E-state index in [1.54, 1.807) is 12.1 Å². The monoisotopic (exact) mass is 361 g/mol. The van der Waals surface area contributed by atoms with Crippen LogP contribution in [0, 0.1) is 0 Å². The van der Waals surface area contributed by atoms with Gasteiger partial charge in [0.15, 0.2) is 10.6 Å². The SMILES string of the molecule is CCCC[S+](CCCC)c1ccc(OC(=O)CS(=O)(=O)O)cc1. The number of hydrogen-bond acceptors (Lipinski definition) is 4. The first kappa shape index (κ1) is 20.0. The first-order chi connectivity index (χ1) is 10.9. The largest absolute Gasteiger partial charge is 0.426 e. The summed E-state index contributed by atoms with van der Waals surface area (Å²) in [6.07, 6.45) is 4.72. The van der Waals surface area contributed by atoms with Crippen LogP contribution in [0.15, 0.2) is 29.2 Å². The van der Waals surface area contributed by atoms with Crippen molar-refractivity contribution >= 4 is 27.0 Å². The Hall–Kier alpha value is -1.05. The molecule has 0 saturated carbocycles. The van der Waals surface area contributed by atoms with E-state index in [0.717, 1.165) is 0 Å². The number of carbonyl (C=O) groups excluding carboxylic acids is 1. The molecule has 0 amide bonds. The average molecular weight is 362 g/mol. The van der Waals surface area contributed by atoms with Crippen molar-refractivity contribution < 1.29 is 22.5 Å². The van der Waals surface area contributed by atoms with E-state index in [-0.39, 0.29) is 16.6 Å². The highest BCUT2D eigenvalue weighted by Gasteiger charge is 2.21. The molecular weight excluding hydrogens is 336 g/mol. The van der Waals surface area contributed by atoms with Gasteiger partial charge in [-0.3, -0.25) is 9.35 Å². The number of hydrogen-bond donors (Lipinski definition) is 1. The van der Waals surface area contributed by atoms with E-state index in [4.69, 9.17) is 9.29 Å². The highest BCUT2D eigenvalue weighted by Crippen LogP contribution is 2.21. The molecule has 1 rings (SSSR count). The lowest BCUT2D eigenvalue weighted by atomic mass is 10.3. The fourth-order valence-electron chi connectivity index (χ4n) is 1.98. The van der Waals surface area contributed by atoms with Crippen molar-refractivity contribution in [1.29, 1.82) is 0 Å². The van der Waals surface area contributed by atoms with E-state index >= 15 is 0 Å².